The van der Waals surface area contributed by atoms with E-state index in [4.69, 9.17) is 4.98 Å². The smallest absolute Gasteiger partial charge is 0.334 e. The summed E-state index contributed by atoms with van der Waals surface area (Å²) < 4.78 is 1.93. The summed E-state index contributed by atoms with van der Waals surface area (Å²) in [5.74, 6) is -0.516. The Morgan fingerprint density at radius 2 is 2.15 bits per heavy atom. The van der Waals surface area contributed by atoms with Gasteiger partial charge in [0.05, 0.1) is 23.6 Å². The van der Waals surface area contributed by atoms with E-state index in [1.807, 2.05) is 35.6 Å². The molecule has 1 saturated heterocycles. The molecule has 1 aliphatic rings. The van der Waals surface area contributed by atoms with E-state index < -0.39 is 18.1 Å². The normalized spacial score (nSPS) is 18.2. The van der Waals surface area contributed by atoms with Crippen LogP contribution in [0.5, 0.6) is 0 Å². The summed E-state index contributed by atoms with van der Waals surface area (Å²) in [6, 6.07) is 5.60. The van der Waals surface area contributed by atoms with E-state index in [1.54, 1.807) is 12.5 Å². The minimum atomic E-state index is -1.43. The predicted molar refractivity (Wildman–Crippen MR) is 102 cm³/mol. The van der Waals surface area contributed by atoms with Crippen LogP contribution in [0.4, 0.5) is 5.82 Å². The SMILES string of the molecule is Cc1ccc2c(-n3ccnc3)cc(N3CCC[C@H]3C(O)C(=O)O)nc2c1C. The van der Waals surface area contributed by atoms with Gasteiger partial charge in [-0.25, -0.2) is 14.8 Å². The van der Waals surface area contributed by atoms with Crippen molar-refractivity contribution in [1.29, 1.82) is 0 Å². The maximum absolute atomic E-state index is 11.3. The summed E-state index contributed by atoms with van der Waals surface area (Å²) in [4.78, 5) is 22.3. The fourth-order valence-corrected chi connectivity index (χ4v) is 3.83. The van der Waals surface area contributed by atoms with Gasteiger partial charge < -0.3 is 19.7 Å². The molecule has 7 heteroatoms. The summed E-state index contributed by atoms with van der Waals surface area (Å²) in [6.45, 7) is 4.76. The Morgan fingerprint density at radius 3 is 2.85 bits per heavy atom. The molecule has 3 aromatic rings. The average molecular weight is 366 g/mol. The number of fused-ring (bicyclic) bond motifs is 1. The molecule has 0 radical (unpaired) electrons. The molecule has 1 fully saturated rings. The van der Waals surface area contributed by atoms with E-state index in [0.29, 0.717) is 18.8 Å². The summed E-state index contributed by atoms with van der Waals surface area (Å²) in [5.41, 5.74) is 4.05. The number of anilines is 1. The Balaban J connectivity index is 1.91. The van der Waals surface area contributed by atoms with Crippen LogP contribution in [0.2, 0.25) is 0 Å². The first-order valence-corrected chi connectivity index (χ1v) is 9.04. The van der Waals surface area contributed by atoms with Crippen LogP contribution >= 0.6 is 0 Å². The number of hydrogen-bond donors (Lipinski definition) is 2. The van der Waals surface area contributed by atoms with Crippen LogP contribution in [-0.2, 0) is 4.79 Å². The second kappa shape index (κ2) is 6.66. The second-order valence-electron chi connectivity index (χ2n) is 7.06. The lowest BCUT2D eigenvalue weighted by Gasteiger charge is -2.28. The van der Waals surface area contributed by atoms with E-state index >= 15 is 0 Å². The quantitative estimate of drug-likeness (QED) is 0.737. The van der Waals surface area contributed by atoms with Crippen molar-refractivity contribution in [3.63, 3.8) is 0 Å². The molecule has 3 heterocycles. The largest absolute Gasteiger partial charge is 0.479 e. The molecule has 2 aromatic heterocycles. The first-order chi connectivity index (χ1) is 13.0. The number of aliphatic hydroxyl groups is 1. The van der Waals surface area contributed by atoms with Gasteiger partial charge in [-0.3, -0.25) is 0 Å². The van der Waals surface area contributed by atoms with Crippen molar-refractivity contribution in [2.75, 3.05) is 11.4 Å². The van der Waals surface area contributed by atoms with Gasteiger partial charge in [-0.15, -0.1) is 0 Å². The number of benzene rings is 1. The minimum Gasteiger partial charge on any atom is -0.479 e. The van der Waals surface area contributed by atoms with Gasteiger partial charge in [0.25, 0.3) is 0 Å². The minimum absolute atomic E-state index is 0.479. The van der Waals surface area contributed by atoms with Gasteiger partial charge in [-0.1, -0.05) is 12.1 Å². The Labute approximate surface area is 156 Å². The highest BCUT2D eigenvalue weighted by Gasteiger charge is 2.36. The number of rotatable bonds is 4. The lowest BCUT2D eigenvalue weighted by atomic mass is 10.0. The topological polar surface area (TPSA) is 91.5 Å². The highest BCUT2D eigenvalue weighted by Crippen LogP contribution is 2.33. The molecule has 27 heavy (non-hydrogen) atoms. The highest BCUT2D eigenvalue weighted by molar-refractivity contribution is 5.92. The Morgan fingerprint density at radius 1 is 1.33 bits per heavy atom. The van der Waals surface area contributed by atoms with Gasteiger partial charge in [0.2, 0.25) is 0 Å². The van der Waals surface area contributed by atoms with Crippen LogP contribution in [0.25, 0.3) is 16.6 Å². The van der Waals surface area contributed by atoms with Crippen LogP contribution in [0.15, 0.2) is 36.9 Å². The molecule has 2 atom stereocenters. The number of aliphatic hydroxyl groups excluding tert-OH is 1. The third-order valence-electron chi connectivity index (χ3n) is 5.46. The van der Waals surface area contributed by atoms with Gasteiger partial charge in [0, 0.05) is 30.4 Å². The number of aryl methyl sites for hydroxylation is 2. The van der Waals surface area contributed by atoms with Gasteiger partial charge in [0.1, 0.15) is 5.82 Å². The van der Waals surface area contributed by atoms with Gasteiger partial charge in [-0.05, 0) is 37.8 Å². The summed E-state index contributed by atoms with van der Waals surface area (Å²) in [7, 11) is 0. The van der Waals surface area contributed by atoms with E-state index in [2.05, 4.69) is 17.1 Å². The Hall–Kier alpha value is -2.93. The van der Waals surface area contributed by atoms with Gasteiger partial charge in [0.15, 0.2) is 6.10 Å². The standard InChI is InChI=1S/C20H22N4O3/c1-12-5-6-14-16(23-9-7-21-11-23)10-17(22-18(14)13(12)2)24-8-3-4-15(24)19(25)20(26)27/h5-7,9-11,15,19,25H,3-4,8H2,1-2H3,(H,26,27)/t15-,19?/m0/s1. The van der Waals surface area contributed by atoms with Gasteiger partial charge >= 0.3 is 5.97 Å². The lowest BCUT2D eigenvalue weighted by molar-refractivity contribution is -0.147. The zero-order chi connectivity index (χ0) is 19.1. The monoisotopic (exact) mass is 366 g/mol. The summed E-state index contributed by atoms with van der Waals surface area (Å²) in [6.07, 6.45) is 5.35. The number of nitrogens with zero attached hydrogens (tertiary/aromatic N) is 4. The molecule has 2 N–H and O–H groups in total. The molecule has 0 spiro atoms. The molecular weight excluding hydrogens is 344 g/mol. The molecular formula is C20H22N4O3. The van der Waals surface area contributed by atoms with Crippen molar-refractivity contribution in [3.8, 4) is 5.69 Å². The zero-order valence-electron chi connectivity index (χ0n) is 15.3. The zero-order valence-corrected chi connectivity index (χ0v) is 15.3. The molecule has 4 rings (SSSR count). The lowest BCUT2D eigenvalue weighted by Crippen LogP contribution is -2.43. The van der Waals surface area contributed by atoms with Crippen LogP contribution < -0.4 is 4.90 Å². The summed E-state index contributed by atoms with van der Waals surface area (Å²) in [5, 5.41) is 20.4. The van der Waals surface area contributed by atoms with Crippen LogP contribution in [0, 0.1) is 13.8 Å². The van der Waals surface area contributed by atoms with Crippen molar-refractivity contribution in [2.24, 2.45) is 0 Å². The van der Waals surface area contributed by atoms with E-state index in [9.17, 15) is 15.0 Å². The molecule has 140 valence electrons. The molecule has 0 amide bonds. The number of carboxylic acids is 1. The number of carbonyl (C=O) groups is 1. The van der Waals surface area contributed by atoms with Crippen LogP contribution in [0.3, 0.4) is 0 Å². The molecule has 0 bridgehead atoms. The number of carboxylic acid groups (broad SMARTS) is 1. The number of pyridine rings is 1. The molecule has 1 unspecified atom stereocenters. The molecule has 0 saturated carbocycles. The maximum atomic E-state index is 11.3. The van der Waals surface area contributed by atoms with Crippen LogP contribution in [-0.4, -0.2) is 49.4 Å². The fourth-order valence-electron chi connectivity index (χ4n) is 3.83. The van der Waals surface area contributed by atoms with Crippen molar-refractivity contribution in [1.82, 2.24) is 14.5 Å². The van der Waals surface area contributed by atoms with E-state index in [-0.39, 0.29) is 0 Å². The van der Waals surface area contributed by atoms with Crippen molar-refractivity contribution in [3.05, 3.63) is 48.0 Å². The van der Waals surface area contributed by atoms with Crippen molar-refractivity contribution in [2.45, 2.75) is 38.8 Å². The molecule has 0 aliphatic carbocycles. The molecule has 1 aliphatic heterocycles. The predicted octanol–water partition coefficient (Wildman–Crippen LogP) is 2.45. The summed E-state index contributed by atoms with van der Waals surface area (Å²) >= 11 is 0. The number of hydrogen-bond acceptors (Lipinski definition) is 5. The average Bonchev–Trinajstić information content (AvgIpc) is 3.35. The molecule has 1 aromatic carbocycles. The Kier molecular flexibility index (Phi) is 4.31. The second-order valence-corrected chi connectivity index (χ2v) is 7.06. The maximum Gasteiger partial charge on any atom is 0.334 e. The third kappa shape index (κ3) is 2.94. The first kappa shape index (κ1) is 17.5. The highest BCUT2D eigenvalue weighted by atomic mass is 16.4. The number of imidazole rings is 1. The first-order valence-electron chi connectivity index (χ1n) is 9.04. The van der Waals surface area contributed by atoms with Crippen molar-refractivity contribution < 1.29 is 15.0 Å². The van der Waals surface area contributed by atoms with Gasteiger partial charge in [-0.2, -0.15) is 0 Å². The Bertz CT molecular complexity index is 1000. The molecule has 7 nitrogen and oxygen atoms in total. The van der Waals surface area contributed by atoms with Crippen LogP contribution in [0.1, 0.15) is 24.0 Å². The number of aromatic nitrogens is 3. The number of aliphatic carboxylic acids is 1. The van der Waals surface area contributed by atoms with E-state index in [0.717, 1.165) is 34.1 Å². The van der Waals surface area contributed by atoms with Crippen molar-refractivity contribution >= 4 is 22.7 Å². The fraction of sp³-hybridized carbons (Fsp3) is 0.350. The van der Waals surface area contributed by atoms with E-state index in [1.165, 1.54) is 0 Å². The third-order valence-corrected chi connectivity index (χ3v) is 5.46.